The highest BCUT2D eigenvalue weighted by molar-refractivity contribution is 6.14. The predicted molar refractivity (Wildman–Crippen MR) is 156 cm³/mol. The monoisotopic (exact) mass is 589 g/mol. The van der Waals surface area contributed by atoms with E-state index in [0.29, 0.717) is 58.2 Å². The van der Waals surface area contributed by atoms with Crippen LogP contribution in [0.2, 0.25) is 0 Å². The summed E-state index contributed by atoms with van der Waals surface area (Å²) in [5.74, 6) is -0.644. The number of fused-ring (bicyclic) bond motifs is 5. The van der Waals surface area contributed by atoms with Crippen LogP contribution in [0, 0.1) is 5.95 Å². The lowest BCUT2D eigenvalue weighted by molar-refractivity contribution is -0.0192. The number of nitrogens with one attached hydrogen (secondary N) is 2. The van der Waals surface area contributed by atoms with Crippen molar-refractivity contribution in [2.24, 2.45) is 14.1 Å². The minimum atomic E-state index is -1.20. The largest absolute Gasteiger partial charge is 0.453 e. The van der Waals surface area contributed by atoms with Crippen molar-refractivity contribution >= 4 is 28.2 Å². The van der Waals surface area contributed by atoms with Crippen molar-refractivity contribution in [2.45, 2.75) is 50.0 Å². The van der Waals surface area contributed by atoms with E-state index in [1.54, 1.807) is 42.5 Å². The first-order chi connectivity index (χ1) is 20.6. The number of imidazole rings is 1. The number of aryl methyl sites for hydroxylation is 2. The summed E-state index contributed by atoms with van der Waals surface area (Å²) in [6.45, 7) is 1.96. The summed E-state index contributed by atoms with van der Waals surface area (Å²) in [6, 6.07) is 6.68. The van der Waals surface area contributed by atoms with Crippen molar-refractivity contribution in [3.63, 3.8) is 0 Å². The summed E-state index contributed by atoms with van der Waals surface area (Å²) >= 11 is 0. The third-order valence-corrected chi connectivity index (χ3v) is 8.97. The maximum atomic E-state index is 15.2. The maximum absolute atomic E-state index is 15.2. The van der Waals surface area contributed by atoms with Crippen LogP contribution in [0.5, 0.6) is 0 Å². The molecule has 4 aromatic heterocycles. The first kappa shape index (κ1) is 27.3. The molecular weight excluding hydrogens is 557 g/mol. The number of halogens is 1. The van der Waals surface area contributed by atoms with E-state index in [1.807, 2.05) is 24.3 Å². The van der Waals surface area contributed by atoms with E-state index in [-0.39, 0.29) is 23.9 Å². The second kappa shape index (κ2) is 9.78. The fraction of sp³-hybridized carbons (Fsp3) is 0.400. The molecule has 5 aromatic rings. The van der Waals surface area contributed by atoms with E-state index in [4.69, 9.17) is 9.47 Å². The predicted octanol–water partition coefficient (Wildman–Crippen LogP) is 3.48. The summed E-state index contributed by atoms with van der Waals surface area (Å²) in [6.07, 6.45) is 3.37. The lowest BCUT2D eigenvalue weighted by Gasteiger charge is -2.26. The van der Waals surface area contributed by atoms with Gasteiger partial charge in [-0.25, -0.2) is 14.6 Å². The van der Waals surface area contributed by atoms with Gasteiger partial charge in [0.2, 0.25) is 5.95 Å². The van der Waals surface area contributed by atoms with Crippen molar-refractivity contribution < 1.29 is 23.8 Å². The van der Waals surface area contributed by atoms with Crippen LogP contribution < -0.4 is 11.0 Å². The summed E-state index contributed by atoms with van der Waals surface area (Å²) in [4.78, 5) is 34.2. The number of aliphatic hydroxyl groups is 1. The number of alkyl carbamates (subject to hydrolysis) is 1. The zero-order chi connectivity index (χ0) is 30.2. The number of rotatable bonds is 2. The molecule has 43 heavy (non-hydrogen) atoms. The van der Waals surface area contributed by atoms with Crippen LogP contribution in [-0.4, -0.2) is 65.9 Å². The minimum absolute atomic E-state index is 0.231. The SMILES string of the molecule is COC(=O)N[C@H]1C[C@H]2C[C@H]1OCC[C@@](C)(O)c1ccc(cc1)-c1c(-c3cn(C)nc3F)[nH]c3ncc4c(c13)n2c(=O)n4C. The number of ether oxygens (including phenoxy) is 2. The molecule has 4 atom stereocenters. The first-order valence-corrected chi connectivity index (χ1v) is 14.2. The van der Waals surface area contributed by atoms with Gasteiger partial charge in [-0.1, -0.05) is 24.3 Å². The Balaban J connectivity index is 1.56. The maximum Gasteiger partial charge on any atom is 0.407 e. The van der Waals surface area contributed by atoms with Crippen LogP contribution in [0.1, 0.15) is 37.8 Å². The lowest BCUT2D eigenvalue weighted by Crippen LogP contribution is -2.41. The Morgan fingerprint density at radius 1 is 1.26 bits per heavy atom. The van der Waals surface area contributed by atoms with Crippen molar-refractivity contribution in [3.05, 3.63) is 58.7 Å². The Hall–Kier alpha value is -4.49. The quantitative estimate of drug-likeness (QED) is 0.286. The molecule has 0 radical (unpaired) electrons. The van der Waals surface area contributed by atoms with Crippen molar-refractivity contribution in [2.75, 3.05) is 13.7 Å². The normalized spacial score (nSPS) is 23.6. The van der Waals surface area contributed by atoms with Gasteiger partial charge in [-0.05, 0) is 30.9 Å². The molecule has 0 saturated heterocycles. The molecular formula is C30H32FN7O5. The molecule has 4 bridgehead atoms. The van der Waals surface area contributed by atoms with Crippen LogP contribution in [-0.2, 0) is 29.2 Å². The van der Waals surface area contributed by atoms with E-state index in [1.165, 1.54) is 11.8 Å². The Bertz CT molecular complexity index is 1950. The number of methoxy groups -OCH3 is 1. The molecule has 0 spiro atoms. The highest BCUT2D eigenvalue weighted by Crippen LogP contribution is 2.44. The van der Waals surface area contributed by atoms with Gasteiger partial charge < -0.3 is 24.9 Å². The molecule has 3 N–H and O–H groups in total. The van der Waals surface area contributed by atoms with E-state index < -0.39 is 29.8 Å². The number of aromatic amines is 1. The number of carbonyl (C=O) groups is 1. The van der Waals surface area contributed by atoms with E-state index in [9.17, 15) is 14.7 Å². The highest BCUT2D eigenvalue weighted by Gasteiger charge is 2.40. The second-order valence-electron chi connectivity index (χ2n) is 11.7. The third kappa shape index (κ3) is 4.25. The number of hydrogen-bond acceptors (Lipinski definition) is 7. The Labute approximate surface area is 245 Å². The van der Waals surface area contributed by atoms with Gasteiger partial charge in [-0.3, -0.25) is 13.8 Å². The molecule has 12 nitrogen and oxygen atoms in total. The van der Waals surface area contributed by atoms with Crippen LogP contribution in [0.3, 0.4) is 0 Å². The first-order valence-electron chi connectivity index (χ1n) is 14.2. The average molecular weight is 590 g/mol. The molecule has 1 amide bonds. The van der Waals surface area contributed by atoms with Gasteiger partial charge in [0, 0.05) is 38.3 Å². The summed E-state index contributed by atoms with van der Waals surface area (Å²) in [5, 5.41) is 18.8. The van der Waals surface area contributed by atoms with Gasteiger partial charge in [0.05, 0.1) is 65.3 Å². The number of H-pyrrole nitrogens is 1. The fourth-order valence-corrected chi connectivity index (χ4v) is 6.72. The molecule has 1 aliphatic carbocycles. The molecule has 1 fully saturated rings. The zero-order valence-electron chi connectivity index (χ0n) is 24.2. The van der Waals surface area contributed by atoms with E-state index in [0.717, 1.165) is 5.56 Å². The molecule has 8 rings (SSSR count). The summed E-state index contributed by atoms with van der Waals surface area (Å²) in [7, 11) is 4.65. The standard InChI is InChI=1S/C30H32FN7O5/c1-30(41)9-10-43-21-12-17(11-19(21)33-28(39)42-4)38-25-20(37(3)29(38)40)13-32-27-23(25)22(15-5-7-16(30)8-6-15)24(34-27)18-14-36(2)35-26(18)31/h5-8,13-14,17,19,21,41H,9-12H2,1-4H3,(H,32,34)(H,33,39)/t17-,19-,21+,30+/m0/s1. The van der Waals surface area contributed by atoms with Crippen LogP contribution >= 0.6 is 0 Å². The molecule has 2 aliphatic heterocycles. The van der Waals surface area contributed by atoms with Gasteiger partial charge >= 0.3 is 11.8 Å². The van der Waals surface area contributed by atoms with E-state index >= 15 is 4.39 Å². The highest BCUT2D eigenvalue weighted by atomic mass is 19.1. The van der Waals surface area contributed by atoms with Crippen LogP contribution in [0.4, 0.5) is 9.18 Å². The van der Waals surface area contributed by atoms with Crippen molar-refractivity contribution in [1.82, 2.24) is 34.2 Å². The number of pyridine rings is 1. The lowest BCUT2D eigenvalue weighted by atomic mass is 9.90. The second-order valence-corrected chi connectivity index (χ2v) is 11.7. The van der Waals surface area contributed by atoms with Crippen molar-refractivity contribution in [1.29, 1.82) is 0 Å². The molecule has 3 aliphatic rings. The van der Waals surface area contributed by atoms with Gasteiger partial charge in [0.25, 0.3) is 0 Å². The molecule has 1 saturated carbocycles. The van der Waals surface area contributed by atoms with Gasteiger partial charge in [-0.2, -0.15) is 4.39 Å². The van der Waals surface area contributed by atoms with Gasteiger partial charge in [-0.15, -0.1) is 5.10 Å². The Kier molecular flexibility index (Phi) is 6.22. The number of nitrogens with zero attached hydrogens (tertiary/aromatic N) is 5. The zero-order valence-corrected chi connectivity index (χ0v) is 24.2. The molecule has 1 aromatic carbocycles. The van der Waals surface area contributed by atoms with E-state index in [2.05, 4.69) is 20.4 Å². The molecule has 224 valence electrons. The topological polar surface area (TPSA) is 141 Å². The number of carbonyl (C=O) groups excluding carboxylic acids is 1. The molecule has 13 heteroatoms. The third-order valence-electron chi connectivity index (χ3n) is 8.97. The summed E-state index contributed by atoms with van der Waals surface area (Å²) in [5.41, 5.74) is 3.15. The number of hydrogen-bond donors (Lipinski definition) is 3. The molecule has 6 heterocycles. The van der Waals surface area contributed by atoms with Crippen LogP contribution in [0.15, 0.2) is 41.5 Å². The van der Waals surface area contributed by atoms with Gasteiger partial charge in [0.15, 0.2) is 0 Å². The Morgan fingerprint density at radius 2 is 2.02 bits per heavy atom. The Morgan fingerprint density at radius 3 is 2.72 bits per heavy atom. The average Bonchev–Trinajstić information content (AvgIpc) is 3.71. The number of benzene rings is 1. The minimum Gasteiger partial charge on any atom is -0.453 e. The number of aromatic nitrogens is 6. The van der Waals surface area contributed by atoms with Crippen molar-refractivity contribution in [3.8, 4) is 22.4 Å². The smallest absolute Gasteiger partial charge is 0.407 e. The van der Waals surface area contributed by atoms with Crippen LogP contribution in [0.25, 0.3) is 44.5 Å². The van der Waals surface area contributed by atoms with Gasteiger partial charge in [0.1, 0.15) is 5.65 Å². The number of amides is 1. The summed E-state index contributed by atoms with van der Waals surface area (Å²) < 4.78 is 31.1. The molecule has 0 unspecified atom stereocenters. The fourth-order valence-electron chi connectivity index (χ4n) is 6.72.